The van der Waals surface area contributed by atoms with Crippen LogP contribution in [0.25, 0.3) is 0 Å². The molecular formula is C11H13FN2O4S. The van der Waals surface area contributed by atoms with Gasteiger partial charge in [0.25, 0.3) is 10.0 Å². The van der Waals surface area contributed by atoms with E-state index in [1.54, 1.807) is 0 Å². The fourth-order valence-corrected chi connectivity index (χ4v) is 3.64. The Hall–Kier alpha value is -1.54. The van der Waals surface area contributed by atoms with Crippen LogP contribution in [-0.2, 0) is 14.8 Å². The Morgan fingerprint density at radius 3 is 2.58 bits per heavy atom. The zero-order chi connectivity index (χ0) is 14.1. The van der Waals surface area contributed by atoms with Gasteiger partial charge in [0, 0.05) is 6.20 Å². The number of carboxylic acid groups (broad SMARTS) is 1. The van der Waals surface area contributed by atoms with Crippen LogP contribution < -0.4 is 4.72 Å². The molecule has 0 aromatic carbocycles. The van der Waals surface area contributed by atoms with Crippen LogP contribution in [0.5, 0.6) is 0 Å². The molecule has 1 heterocycles. The van der Waals surface area contributed by atoms with E-state index in [-0.39, 0.29) is 12.8 Å². The molecule has 0 amide bonds. The maximum atomic E-state index is 13.5. The second kappa shape index (κ2) is 4.86. The first kappa shape index (κ1) is 13.9. The molecule has 8 heteroatoms. The summed E-state index contributed by atoms with van der Waals surface area (Å²) in [6.45, 7) is 0. The van der Waals surface area contributed by atoms with E-state index in [2.05, 4.69) is 9.71 Å². The number of aromatic nitrogens is 1. The van der Waals surface area contributed by atoms with Crippen LogP contribution in [0.2, 0.25) is 0 Å². The number of aliphatic carboxylic acids is 1. The number of pyridine rings is 1. The van der Waals surface area contributed by atoms with Crippen LogP contribution in [0.3, 0.4) is 0 Å². The average Bonchev–Trinajstić information content (AvgIpc) is 2.78. The molecular weight excluding hydrogens is 275 g/mol. The van der Waals surface area contributed by atoms with Gasteiger partial charge in [-0.25, -0.2) is 17.8 Å². The molecule has 1 saturated carbocycles. The summed E-state index contributed by atoms with van der Waals surface area (Å²) in [6.07, 6.45) is 2.74. The van der Waals surface area contributed by atoms with E-state index in [0.29, 0.717) is 12.8 Å². The highest BCUT2D eigenvalue weighted by atomic mass is 32.2. The van der Waals surface area contributed by atoms with Crippen molar-refractivity contribution in [2.24, 2.45) is 0 Å². The van der Waals surface area contributed by atoms with Gasteiger partial charge in [-0.2, -0.15) is 4.72 Å². The number of carboxylic acids is 1. The summed E-state index contributed by atoms with van der Waals surface area (Å²) >= 11 is 0. The summed E-state index contributed by atoms with van der Waals surface area (Å²) in [5, 5.41) is 8.43. The van der Waals surface area contributed by atoms with E-state index < -0.39 is 32.4 Å². The number of nitrogens with one attached hydrogen (secondary N) is 1. The lowest BCUT2D eigenvalue weighted by molar-refractivity contribution is -0.143. The van der Waals surface area contributed by atoms with E-state index in [9.17, 15) is 22.7 Å². The molecule has 2 rings (SSSR count). The van der Waals surface area contributed by atoms with Gasteiger partial charge in [0.2, 0.25) is 5.03 Å². The van der Waals surface area contributed by atoms with Crippen molar-refractivity contribution >= 4 is 16.0 Å². The molecule has 0 atom stereocenters. The topological polar surface area (TPSA) is 96.4 Å². The Labute approximate surface area is 109 Å². The van der Waals surface area contributed by atoms with E-state index in [4.69, 9.17) is 0 Å². The summed E-state index contributed by atoms with van der Waals surface area (Å²) < 4.78 is 39.6. The molecule has 1 fully saturated rings. The van der Waals surface area contributed by atoms with Crippen molar-refractivity contribution in [1.29, 1.82) is 0 Å². The van der Waals surface area contributed by atoms with E-state index in [1.165, 1.54) is 6.07 Å². The summed E-state index contributed by atoms with van der Waals surface area (Å²) in [5.74, 6) is -2.25. The third-order valence-electron chi connectivity index (χ3n) is 3.18. The van der Waals surface area contributed by atoms with E-state index >= 15 is 0 Å². The number of halogens is 1. The molecule has 0 bridgehead atoms. The van der Waals surface area contributed by atoms with Crippen LogP contribution >= 0.6 is 0 Å². The second-order valence-corrected chi connectivity index (χ2v) is 6.09. The van der Waals surface area contributed by atoms with Crippen molar-refractivity contribution < 1.29 is 22.7 Å². The lowest BCUT2D eigenvalue weighted by atomic mass is 10.0. The number of nitrogens with zero attached hydrogens (tertiary/aromatic N) is 1. The van der Waals surface area contributed by atoms with Gasteiger partial charge in [-0.05, 0) is 25.0 Å². The van der Waals surface area contributed by atoms with Crippen molar-refractivity contribution in [2.45, 2.75) is 36.2 Å². The van der Waals surface area contributed by atoms with Gasteiger partial charge in [-0.3, -0.25) is 4.79 Å². The van der Waals surface area contributed by atoms with Gasteiger partial charge in [0.1, 0.15) is 5.54 Å². The Kier molecular flexibility index (Phi) is 3.55. The number of hydrogen-bond acceptors (Lipinski definition) is 4. The van der Waals surface area contributed by atoms with Gasteiger partial charge < -0.3 is 5.11 Å². The molecule has 1 aliphatic carbocycles. The molecule has 6 nitrogen and oxygen atoms in total. The Morgan fingerprint density at radius 2 is 2.05 bits per heavy atom. The predicted octanol–water partition coefficient (Wildman–Crippen LogP) is 0.896. The minimum absolute atomic E-state index is 0.190. The molecule has 0 radical (unpaired) electrons. The van der Waals surface area contributed by atoms with Gasteiger partial charge in [-0.15, -0.1) is 0 Å². The average molecular weight is 288 g/mol. The minimum atomic E-state index is -4.29. The monoisotopic (exact) mass is 288 g/mol. The molecule has 1 aliphatic rings. The molecule has 104 valence electrons. The zero-order valence-corrected chi connectivity index (χ0v) is 10.8. The van der Waals surface area contributed by atoms with Crippen LogP contribution in [0.15, 0.2) is 23.4 Å². The molecule has 1 aromatic rings. The second-order valence-electron chi connectivity index (χ2n) is 4.49. The van der Waals surface area contributed by atoms with Gasteiger partial charge in [-0.1, -0.05) is 12.8 Å². The SMILES string of the molecule is O=C(O)C1(NS(=O)(=O)c2ncccc2F)CCCC1. The summed E-state index contributed by atoms with van der Waals surface area (Å²) in [7, 11) is -4.29. The van der Waals surface area contributed by atoms with Crippen LogP contribution in [0.4, 0.5) is 4.39 Å². The van der Waals surface area contributed by atoms with Crippen molar-refractivity contribution in [3.63, 3.8) is 0 Å². The van der Waals surface area contributed by atoms with Crippen LogP contribution in [0, 0.1) is 5.82 Å². The number of carbonyl (C=O) groups is 1. The fourth-order valence-electron chi connectivity index (χ4n) is 2.21. The van der Waals surface area contributed by atoms with E-state index in [1.807, 2.05) is 0 Å². The maximum absolute atomic E-state index is 13.5. The van der Waals surface area contributed by atoms with Gasteiger partial charge in [0.15, 0.2) is 5.82 Å². The predicted molar refractivity (Wildman–Crippen MR) is 63.4 cm³/mol. The standard InChI is InChI=1S/C11H13FN2O4S/c12-8-4-3-7-13-9(8)19(17,18)14-11(10(15)16)5-1-2-6-11/h3-4,7,14H,1-2,5-6H2,(H,15,16). The molecule has 2 N–H and O–H groups in total. The lowest BCUT2D eigenvalue weighted by Gasteiger charge is -2.24. The number of hydrogen-bond donors (Lipinski definition) is 2. The van der Waals surface area contributed by atoms with Crippen LogP contribution in [0.1, 0.15) is 25.7 Å². The first-order chi connectivity index (χ1) is 8.87. The summed E-state index contributed by atoms with van der Waals surface area (Å²) in [6, 6.07) is 2.22. The van der Waals surface area contributed by atoms with Gasteiger partial charge in [0.05, 0.1) is 0 Å². The van der Waals surface area contributed by atoms with Crippen molar-refractivity contribution in [3.8, 4) is 0 Å². The molecule has 0 aliphatic heterocycles. The molecule has 1 aromatic heterocycles. The smallest absolute Gasteiger partial charge is 0.324 e. The van der Waals surface area contributed by atoms with E-state index in [0.717, 1.165) is 12.3 Å². The Bertz CT molecular complexity index is 596. The normalized spacial score (nSPS) is 18.4. The van der Waals surface area contributed by atoms with Gasteiger partial charge >= 0.3 is 5.97 Å². The van der Waals surface area contributed by atoms with Crippen molar-refractivity contribution in [1.82, 2.24) is 9.71 Å². The lowest BCUT2D eigenvalue weighted by Crippen LogP contribution is -2.52. The maximum Gasteiger partial charge on any atom is 0.324 e. The largest absolute Gasteiger partial charge is 0.480 e. The van der Waals surface area contributed by atoms with Crippen molar-refractivity contribution in [2.75, 3.05) is 0 Å². The third kappa shape index (κ3) is 2.59. The van der Waals surface area contributed by atoms with Crippen LogP contribution in [-0.4, -0.2) is 30.0 Å². The minimum Gasteiger partial charge on any atom is -0.480 e. The zero-order valence-electron chi connectivity index (χ0n) is 9.97. The molecule has 0 spiro atoms. The molecule has 0 unspecified atom stereocenters. The highest BCUT2D eigenvalue weighted by Crippen LogP contribution is 2.31. The molecule has 19 heavy (non-hydrogen) atoms. The number of sulfonamides is 1. The number of rotatable bonds is 4. The fraction of sp³-hybridized carbons (Fsp3) is 0.455. The first-order valence-electron chi connectivity index (χ1n) is 5.75. The quantitative estimate of drug-likeness (QED) is 0.858. The Balaban J connectivity index is 2.36. The van der Waals surface area contributed by atoms with Crippen molar-refractivity contribution in [3.05, 3.63) is 24.1 Å². The summed E-state index contributed by atoms with van der Waals surface area (Å²) in [5.41, 5.74) is -1.55. The third-order valence-corrected chi connectivity index (χ3v) is 4.64. The highest BCUT2D eigenvalue weighted by molar-refractivity contribution is 7.89. The summed E-state index contributed by atoms with van der Waals surface area (Å²) in [4.78, 5) is 14.7. The first-order valence-corrected chi connectivity index (χ1v) is 7.24. The highest BCUT2D eigenvalue weighted by Gasteiger charge is 2.45. The Morgan fingerprint density at radius 1 is 1.42 bits per heavy atom. The molecule has 0 saturated heterocycles.